The molecule has 0 spiro atoms. The molecule has 30 heavy (non-hydrogen) atoms. The van der Waals surface area contributed by atoms with Crippen LogP contribution in [0.3, 0.4) is 0 Å². The Balaban J connectivity index is 1.85. The third kappa shape index (κ3) is 5.41. The fourth-order valence-electron chi connectivity index (χ4n) is 3.27. The van der Waals surface area contributed by atoms with Crippen LogP contribution in [0.4, 0.5) is 10.5 Å². The molecule has 0 fully saturated rings. The molecule has 6 heteroatoms. The van der Waals surface area contributed by atoms with Crippen LogP contribution in [0.15, 0.2) is 48.7 Å². The maximum atomic E-state index is 13.1. The van der Waals surface area contributed by atoms with E-state index in [0.29, 0.717) is 6.42 Å². The van der Waals surface area contributed by atoms with Crippen LogP contribution in [0.1, 0.15) is 37.5 Å². The number of amides is 2. The quantitative estimate of drug-likeness (QED) is 0.565. The third-order valence-electron chi connectivity index (χ3n) is 4.76. The number of anilines is 1. The number of carbonyl (C=O) groups is 2. The van der Waals surface area contributed by atoms with Gasteiger partial charge in [0.2, 0.25) is 5.91 Å². The van der Waals surface area contributed by atoms with Gasteiger partial charge in [-0.15, -0.1) is 0 Å². The van der Waals surface area contributed by atoms with E-state index in [9.17, 15) is 9.59 Å². The largest absolute Gasteiger partial charge is 0.444 e. The number of hydrogen-bond donors (Lipinski definition) is 3. The molecule has 6 nitrogen and oxygen atoms in total. The maximum Gasteiger partial charge on any atom is 0.408 e. The summed E-state index contributed by atoms with van der Waals surface area (Å²) in [7, 11) is 0. The summed E-state index contributed by atoms with van der Waals surface area (Å²) in [5, 5.41) is 6.73. The highest BCUT2D eigenvalue weighted by atomic mass is 16.6. The summed E-state index contributed by atoms with van der Waals surface area (Å²) >= 11 is 0. The average molecular weight is 408 g/mol. The summed E-state index contributed by atoms with van der Waals surface area (Å²) in [6, 6.07) is 13.0. The van der Waals surface area contributed by atoms with Crippen molar-refractivity contribution in [3.8, 4) is 0 Å². The Bertz CT molecular complexity index is 1060. The second-order valence-electron chi connectivity index (χ2n) is 8.57. The number of hydrogen-bond acceptors (Lipinski definition) is 3. The maximum absolute atomic E-state index is 13.1. The highest BCUT2D eigenvalue weighted by Crippen LogP contribution is 2.21. The number of alkyl carbamates (subject to hydrolysis) is 1. The lowest BCUT2D eigenvalue weighted by atomic mass is 10.0. The van der Waals surface area contributed by atoms with Crippen molar-refractivity contribution in [3.63, 3.8) is 0 Å². The number of aromatic nitrogens is 1. The number of carbonyl (C=O) groups excluding carboxylic acids is 2. The van der Waals surface area contributed by atoms with Crippen molar-refractivity contribution in [1.29, 1.82) is 0 Å². The molecule has 0 bridgehead atoms. The second-order valence-corrected chi connectivity index (χ2v) is 8.57. The summed E-state index contributed by atoms with van der Waals surface area (Å²) in [5.41, 5.74) is 4.01. The van der Waals surface area contributed by atoms with Gasteiger partial charge in [-0.25, -0.2) is 4.79 Å². The topological polar surface area (TPSA) is 83.2 Å². The van der Waals surface area contributed by atoms with Gasteiger partial charge in [-0.05, 0) is 63.4 Å². The van der Waals surface area contributed by atoms with Crippen LogP contribution < -0.4 is 10.6 Å². The van der Waals surface area contributed by atoms with E-state index < -0.39 is 17.7 Å². The molecule has 3 rings (SSSR count). The molecule has 0 saturated heterocycles. The molecule has 0 aliphatic carbocycles. The van der Waals surface area contributed by atoms with Gasteiger partial charge in [0.1, 0.15) is 11.6 Å². The molecule has 2 amide bonds. The van der Waals surface area contributed by atoms with Gasteiger partial charge >= 0.3 is 6.09 Å². The van der Waals surface area contributed by atoms with Gasteiger partial charge in [-0.1, -0.05) is 30.3 Å². The lowest BCUT2D eigenvalue weighted by Crippen LogP contribution is -2.47. The number of fused-ring (bicyclic) bond motifs is 1. The van der Waals surface area contributed by atoms with Crippen molar-refractivity contribution in [1.82, 2.24) is 10.3 Å². The number of ether oxygens (including phenoxy) is 1. The van der Waals surface area contributed by atoms with E-state index in [4.69, 9.17) is 4.74 Å². The van der Waals surface area contributed by atoms with Crippen LogP contribution in [0.25, 0.3) is 10.9 Å². The van der Waals surface area contributed by atoms with E-state index in [-0.39, 0.29) is 5.91 Å². The molecular weight excluding hydrogens is 378 g/mol. The molecule has 0 aliphatic heterocycles. The Hall–Kier alpha value is -3.28. The second kappa shape index (κ2) is 8.61. The minimum atomic E-state index is -0.793. The number of aryl methyl sites for hydroxylation is 2. The summed E-state index contributed by atoms with van der Waals surface area (Å²) in [6.45, 7) is 9.27. The molecule has 158 valence electrons. The lowest BCUT2D eigenvalue weighted by Gasteiger charge is -2.23. The van der Waals surface area contributed by atoms with Crippen LogP contribution in [-0.4, -0.2) is 28.6 Å². The summed E-state index contributed by atoms with van der Waals surface area (Å²) in [5.74, 6) is -0.292. The molecule has 3 aromatic rings. The lowest BCUT2D eigenvalue weighted by molar-refractivity contribution is -0.118. The zero-order chi connectivity index (χ0) is 21.9. The number of benzene rings is 2. The summed E-state index contributed by atoms with van der Waals surface area (Å²) in [4.78, 5) is 28.8. The fourth-order valence-corrected chi connectivity index (χ4v) is 3.27. The van der Waals surface area contributed by atoms with Crippen molar-refractivity contribution in [3.05, 3.63) is 65.4 Å². The molecule has 3 N–H and O–H groups in total. The zero-order valence-corrected chi connectivity index (χ0v) is 18.1. The smallest absolute Gasteiger partial charge is 0.408 e. The van der Waals surface area contributed by atoms with Crippen molar-refractivity contribution in [2.75, 3.05) is 5.32 Å². The first-order chi connectivity index (χ1) is 14.1. The van der Waals surface area contributed by atoms with Crippen LogP contribution in [0.2, 0.25) is 0 Å². The van der Waals surface area contributed by atoms with Crippen LogP contribution >= 0.6 is 0 Å². The predicted molar refractivity (Wildman–Crippen MR) is 120 cm³/mol. The Morgan fingerprint density at radius 3 is 2.57 bits per heavy atom. The first-order valence-electron chi connectivity index (χ1n) is 10.0. The Kier molecular flexibility index (Phi) is 6.15. The standard InChI is InChI=1S/C24H29N3O3/c1-15-10-11-16(2)20(12-15)26-22(28)21(27-23(29)30-24(3,4)5)13-17-14-25-19-9-7-6-8-18(17)19/h6-12,14,21,25H,13H2,1-5H3,(H,26,28)(H,27,29)/t21-/m1/s1. The number of nitrogens with one attached hydrogen (secondary N) is 3. The third-order valence-corrected chi connectivity index (χ3v) is 4.76. The van der Waals surface area contributed by atoms with Crippen molar-refractivity contribution >= 4 is 28.6 Å². The minimum absolute atomic E-state index is 0.292. The van der Waals surface area contributed by atoms with Gasteiger partial charge in [0.25, 0.3) is 0 Å². The molecular formula is C24H29N3O3. The first-order valence-corrected chi connectivity index (χ1v) is 10.0. The minimum Gasteiger partial charge on any atom is -0.444 e. The highest BCUT2D eigenvalue weighted by molar-refractivity contribution is 5.98. The Labute approximate surface area is 177 Å². The molecule has 2 aromatic carbocycles. The van der Waals surface area contributed by atoms with Crippen molar-refractivity contribution in [2.45, 2.75) is 52.7 Å². The highest BCUT2D eigenvalue weighted by Gasteiger charge is 2.26. The van der Waals surface area contributed by atoms with E-state index in [2.05, 4.69) is 15.6 Å². The predicted octanol–water partition coefficient (Wildman–Crippen LogP) is 4.86. The summed E-state index contributed by atoms with van der Waals surface area (Å²) < 4.78 is 5.38. The number of rotatable bonds is 5. The Morgan fingerprint density at radius 1 is 1.10 bits per heavy atom. The van der Waals surface area contributed by atoms with E-state index in [1.54, 1.807) is 20.8 Å². The number of aromatic amines is 1. The average Bonchev–Trinajstić information content (AvgIpc) is 3.06. The summed E-state index contributed by atoms with van der Waals surface area (Å²) in [6.07, 6.45) is 1.59. The first kappa shape index (κ1) is 21.4. The Morgan fingerprint density at radius 2 is 1.83 bits per heavy atom. The van der Waals surface area contributed by atoms with E-state index in [1.165, 1.54) is 0 Å². The molecule has 0 saturated carbocycles. The van der Waals surface area contributed by atoms with E-state index in [0.717, 1.165) is 33.3 Å². The van der Waals surface area contributed by atoms with Crippen LogP contribution in [0.5, 0.6) is 0 Å². The SMILES string of the molecule is Cc1ccc(C)c(NC(=O)[C@@H](Cc2c[nH]c3ccccc23)NC(=O)OC(C)(C)C)c1. The molecule has 1 aromatic heterocycles. The zero-order valence-electron chi connectivity index (χ0n) is 18.1. The molecule has 0 unspecified atom stereocenters. The molecule has 1 atom stereocenters. The van der Waals surface area contributed by atoms with Crippen LogP contribution in [0, 0.1) is 13.8 Å². The van der Waals surface area contributed by atoms with Gasteiger partial charge in [0.05, 0.1) is 0 Å². The van der Waals surface area contributed by atoms with Crippen molar-refractivity contribution < 1.29 is 14.3 Å². The van der Waals surface area contributed by atoms with Gasteiger partial charge in [0, 0.05) is 29.2 Å². The monoisotopic (exact) mass is 407 g/mol. The van der Waals surface area contributed by atoms with Gasteiger partial charge in [-0.3, -0.25) is 4.79 Å². The van der Waals surface area contributed by atoms with Crippen molar-refractivity contribution in [2.24, 2.45) is 0 Å². The number of para-hydroxylation sites is 1. The van der Waals surface area contributed by atoms with Gasteiger partial charge in [-0.2, -0.15) is 0 Å². The molecule has 1 heterocycles. The van der Waals surface area contributed by atoms with Gasteiger partial charge in [0.15, 0.2) is 0 Å². The molecule has 0 radical (unpaired) electrons. The van der Waals surface area contributed by atoms with E-state index in [1.807, 2.05) is 62.5 Å². The fraction of sp³-hybridized carbons (Fsp3) is 0.333. The van der Waals surface area contributed by atoms with E-state index >= 15 is 0 Å². The van der Waals surface area contributed by atoms with Gasteiger partial charge < -0.3 is 20.4 Å². The number of H-pyrrole nitrogens is 1. The molecule has 0 aliphatic rings. The van der Waals surface area contributed by atoms with Crippen LogP contribution in [-0.2, 0) is 16.0 Å². The normalized spacial score (nSPS) is 12.4.